The van der Waals surface area contributed by atoms with Gasteiger partial charge >= 0.3 is 0 Å². The topological polar surface area (TPSA) is 81.0 Å². The Bertz CT molecular complexity index is 542. The first-order chi connectivity index (χ1) is 8.22. The molecule has 0 aliphatic heterocycles. The minimum atomic E-state index is -0.442. The van der Waals surface area contributed by atoms with Gasteiger partial charge in [-0.25, -0.2) is 4.98 Å². The molecule has 0 amide bonds. The summed E-state index contributed by atoms with van der Waals surface area (Å²) >= 11 is 0. The van der Waals surface area contributed by atoms with Gasteiger partial charge < -0.3 is 5.32 Å². The minimum absolute atomic E-state index is 0.0183. The predicted octanol–water partition coefficient (Wildman–Crippen LogP) is 2.09. The van der Waals surface area contributed by atoms with E-state index in [0.29, 0.717) is 17.1 Å². The Balaban J connectivity index is 2.61. The van der Waals surface area contributed by atoms with Crippen LogP contribution in [0.2, 0.25) is 0 Å². The first-order valence-corrected chi connectivity index (χ1v) is 4.96. The van der Waals surface area contributed by atoms with Crippen LogP contribution in [-0.2, 0) is 0 Å². The van der Waals surface area contributed by atoms with E-state index >= 15 is 0 Å². The highest BCUT2D eigenvalue weighted by Crippen LogP contribution is 2.28. The highest BCUT2D eigenvalue weighted by atomic mass is 16.6. The molecule has 0 saturated heterocycles. The van der Waals surface area contributed by atoms with Crippen LogP contribution in [0.5, 0.6) is 0 Å². The second-order valence-corrected chi connectivity index (χ2v) is 3.31. The smallest absolute Gasteiger partial charge is 0.295 e. The van der Waals surface area contributed by atoms with E-state index < -0.39 is 4.92 Å². The molecule has 0 radical (unpaired) electrons. The van der Waals surface area contributed by atoms with Gasteiger partial charge in [0.2, 0.25) is 0 Å². The van der Waals surface area contributed by atoms with Gasteiger partial charge in [-0.2, -0.15) is 0 Å². The van der Waals surface area contributed by atoms with Crippen LogP contribution in [0.3, 0.4) is 0 Å². The third-order valence-corrected chi connectivity index (χ3v) is 2.28. The summed E-state index contributed by atoms with van der Waals surface area (Å²) in [5.74, 6) is 0.586. The molecule has 0 saturated carbocycles. The fourth-order valence-electron chi connectivity index (χ4n) is 1.46. The highest BCUT2D eigenvalue weighted by molar-refractivity contribution is 5.70. The van der Waals surface area contributed by atoms with Gasteiger partial charge in [0.15, 0.2) is 5.69 Å². The molecule has 6 nitrogen and oxygen atoms in total. The molecule has 2 heterocycles. The molecule has 17 heavy (non-hydrogen) atoms. The first-order valence-electron chi connectivity index (χ1n) is 4.96. The van der Waals surface area contributed by atoms with Crippen LogP contribution >= 0.6 is 0 Å². The Labute approximate surface area is 97.5 Å². The van der Waals surface area contributed by atoms with Crippen molar-refractivity contribution in [1.82, 2.24) is 9.97 Å². The molecule has 86 valence electrons. The predicted molar refractivity (Wildman–Crippen MR) is 63.7 cm³/mol. The fraction of sp³-hybridized carbons (Fsp3) is 0.0909. The quantitative estimate of drug-likeness (QED) is 0.645. The number of anilines is 1. The van der Waals surface area contributed by atoms with E-state index in [1.165, 1.54) is 6.07 Å². The first kappa shape index (κ1) is 11.0. The van der Waals surface area contributed by atoms with Crippen molar-refractivity contribution < 1.29 is 4.92 Å². The normalized spacial score (nSPS) is 9.94. The fourth-order valence-corrected chi connectivity index (χ4v) is 1.46. The number of hydrogen-bond donors (Lipinski definition) is 1. The van der Waals surface area contributed by atoms with Crippen LogP contribution in [0, 0.1) is 10.1 Å². The van der Waals surface area contributed by atoms with Crippen LogP contribution in [0.1, 0.15) is 0 Å². The molecule has 0 fully saturated rings. The maximum atomic E-state index is 10.9. The van der Waals surface area contributed by atoms with Crippen LogP contribution in [0.15, 0.2) is 36.7 Å². The Morgan fingerprint density at radius 1 is 1.24 bits per heavy atom. The molecule has 0 bridgehead atoms. The van der Waals surface area contributed by atoms with Crippen molar-refractivity contribution >= 4 is 11.5 Å². The van der Waals surface area contributed by atoms with Crippen molar-refractivity contribution in [3.8, 4) is 11.3 Å². The molecule has 0 atom stereocenters. The van der Waals surface area contributed by atoms with E-state index in [1.54, 1.807) is 37.6 Å². The lowest BCUT2D eigenvalue weighted by Crippen LogP contribution is -1.98. The maximum absolute atomic E-state index is 10.9. The zero-order valence-corrected chi connectivity index (χ0v) is 9.12. The van der Waals surface area contributed by atoms with Crippen molar-refractivity contribution in [2.75, 3.05) is 12.4 Å². The maximum Gasteiger partial charge on any atom is 0.295 e. The summed E-state index contributed by atoms with van der Waals surface area (Å²) in [5.41, 5.74) is 0.989. The van der Waals surface area contributed by atoms with Gasteiger partial charge in [-0.3, -0.25) is 15.1 Å². The number of nitro groups is 1. The second kappa shape index (κ2) is 4.56. The lowest BCUT2D eigenvalue weighted by atomic mass is 10.1. The molecule has 0 spiro atoms. The highest BCUT2D eigenvalue weighted by Gasteiger charge is 2.17. The van der Waals surface area contributed by atoms with Gasteiger partial charge in [-0.05, 0) is 18.2 Å². The van der Waals surface area contributed by atoms with Crippen LogP contribution in [0.4, 0.5) is 11.5 Å². The standard InChI is InChI=1S/C11H10N4O2/c1-12-10-3-2-9(15(16)17)11(14-10)8-4-6-13-7-5-8/h2-7H,1H3,(H,12,14). The number of pyridine rings is 2. The lowest BCUT2D eigenvalue weighted by Gasteiger charge is -2.04. The third-order valence-electron chi connectivity index (χ3n) is 2.28. The zero-order valence-electron chi connectivity index (χ0n) is 9.12. The number of rotatable bonds is 3. The molecule has 2 aromatic rings. The lowest BCUT2D eigenvalue weighted by molar-refractivity contribution is -0.384. The molecule has 6 heteroatoms. The summed E-state index contributed by atoms with van der Waals surface area (Å²) in [5, 5.41) is 13.8. The van der Waals surface area contributed by atoms with Gasteiger partial charge in [0.05, 0.1) is 4.92 Å². The van der Waals surface area contributed by atoms with Crippen LogP contribution < -0.4 is 5.32 Å². The Morgan fingerprint density at radius 2 is 1.94 bits per heavy atom. The number of nitrogens with one attached hydrogen (secondary N) is 1. The average Bonchev–Trinajstić information content (AvgIpc) is 2.39. The molecule has 0 aliphatic carbocycles. The van der Waals surface area contributed by atoms with E-state index in [1.807, 2.05) is 0 Å². The van der Waals surface area contributed by atoms with Gasteiger partial charge in [0, 0.05) is 31.1 Å². The number of nitrogens with zero attached hydrogens (tertiary/aromatic N) is 3. The van der Waals surface area contributed by atoms with E-state index in [9.17, 15) is 10.1 Å². The number of aromatic nitrogens is 2. The van der Waals surface area contributed by atoms with E-state index in [0.717, 1.165) is 0 Å². The monoisotopic (exact) mass is 230 g/mol. The largest absolute Gasteiger partial charge is 0.373 e. The third kappa shape index (κ3) is 2.20. The van der Waals surface area contributed by atoms with E-state index in [-0.39, 0.29) is 5.69 Å². The van der Waals surface area contributed by atoms with E-state index in [4.69, 9.17) is 0 Å². The molecule has 0 unspecified atom stereocenters. The zero-order chi connectivity index (χ0) is 12.3. The van der Waals surface area contributed by atoms with Crippen LogP contribution in [0.25, 0.3) is 11.3 Å². The second-order valence-electron chi connectivity index (χ2n) is 3.31. The summed E-state index contributed by atoms with van der Waals surface area (Å²) in [6, 6.07) is 6.39. The Hall–Kier alpha value is -2.50. The molecule has 2 aromatic heterocycles. The van der Waals surface area contributed by atoms with Crippen molar-refractivity contribution in [2.45, 2.75) is 0 Å². The molecule has 2 rings (SSSR count). The Morgan fingerprint density at radius 3 is 2.53 bits per heavy atom. The molecular weight excluding hydrogens is 220 g/mol. The van der Waals surface area contributed by atoms with Crippen molar-refractivity contribution in [1.29, 1.82) is 0 Å². The molecule has 1 N–H and O–H groups in total. The summed E-state index contributed by atoms with van der Waals surface area (Å²) in [4.78, 5) is 18.6. The van der Waals surface area contributed by atoms with Gasteiger partial charge in [0.25, 0.3) is 5.69 Å². The molecule has 0 aromatic carbocycles. The van der Waals surface area contributed by atoms with Crippen molar-refractivity contribution in [2.24, 2.45) is 0 Å². The van der Waals surface area contributed by atoms with Crippen LogP contribution in [-0.4, -0.2) is 21.9 Å². The SMILES string of the molecule is CNc1ccc([N+](=O)[O-])c(-c2ccncc2)n1. The Kier molecular flexibility index (Phi) is 2.95. The summed E-state index contributed by atoms with van der Waals surface area (Å²) in [7, 11) is 1.71. The average molecular weight is 230 g/mol. The molecular formula is C11H10N4O2. The minimum Gasteiger partial charge on any atom is -0.373 e. The molecule has 0 aliphatic rings. The summed E-state index contributed by atoms with van der Waals surface area (Å²) in [6.07, 6.45) is 3.15. The summed E-state index contributed by atoms with van der Waals surface area (Å²) < 4.78 is 0. The summed E-state index contributed by atoms with van der Waals surface area (Å²) in [6.45, 7) is 0. The van der Waals surface area contributed by atoms with E-state index in [2.05, 4.69) is 15.3 Å². The number of hydrogen-bond acceptors (Lipinski definition) is 5. The van der Waals surface area contributed by atoms with Gasteiger partial charge in [-0.1, -0.05) is 0 Å². The van der Waals surface area contributed by atoms with Crippen molar-refractivity contribution in [3.63, 3.8) is 0 Å². The van der Waals surface area contributed by atoms with Gasteiger partial charge in [-0.15, -0.1) is 0 Å². The van der Waals surface area contributed by atoms with Crippen molar-refractivity contribution in [3.05, 3.63) is 46.8 Å². The van der Waals surface area contributed by atoms with Gasteiger partial charge in [0.1, 0.15) is 5.82 Å².